The van der Waals surface area contributed by atoms with Gasteiger partial charge in [-0.25, -0.2) is 0 Å². The lowest BCUT2D eigenvalue weighted by Gasteiger charge is -2.39. The predicted octanol–water partition coefficient (Wildman–Crippen LogP) is 3.44. The second kappa shape index (κ2) is 8.06. The topological polar surface area (TPSA) is 23.6 Å². The van der Waals surface area contributed by atoms with Crippen LogP contribution in [0.4, 0.5) is 0 Å². The molecule has 0 spiro atoms. The number of rotatable bonds is 6. The largest absolute Gasteiger partial charge is 0.301 e. The van der Waals surface area contributed by atoms with Crippen LogP contribution in [0.3, 0.4) is 0 Å². The van der Waals surface area contributed by atoms with Gasteiger partial charge in [0.25, 0.3) is 0 Å². The van der Waals surface area contributed by atoms with E-state index in [1.807, 2.05) is 24.3 Å². The van der Waals surface area contributed by atoms with Gasteiger partial charge in [0.05, 0.1) is 0 Å². The lowest BCUT2D eigenvalue weighted by molar-refractivity contribution is 0.0875. The fraction of sp³-hybridized carbons (Fsp3) is 0.588. The number of Topliss-reactive ketones (excluding diaryl/α,β-unsaturated/α-hetero) is 1. The molecule has 0 saturated carbocycles. The van der Waals surface area contributed by atoms with Crippen molar-refractivity contribution in [2.24, 2.45) is 0 Å². The third-order valence-electron chi connectivity index (χ3n) is 4.38. The highest BCUT2D eigenvalue weighted by Gasteiger charge is 2.22. The second-order valence-corrected chi connectivity index (χ2v) is 6.79. The Balaban J connectivity index is 1.74. The third kappa shape index (κ3) is 4.90. The van der Waals surface area contributed by atoms with Gasteiger partial charge in [-0.1, -0.05) is 35.0 Å². The van der Waals surface area contributed by atoms with E-state index >= 15 is 0 Å². The van der Waals surface area contributed by atoms with Crippen molar-refractivity contribution in [3.05, 3.63) is 34.3 Å². The number of benzene rings is 1. The first kappa shape index (κ1) is 16.7. The summed E-state index contributed by atoms with van der Waals surface area (Å²) in [6.45, 7) is 6.69. The van der Waals surface area contributed by atoms with E-state index in [-0.39, 0.29) is 5.78 Å². The highest BCUT2D eigenvalue weighted by atomic mass is 79.9. The molecule has 1 aromatic carbocycles. The van der Waals surface area contributed by atoms with E-state index in [1.54, 1.807) is 0 Å². The van der Waals surface area contributed by atoms with Crippen LogP contribution in [0.5, 0.6) is 0 Å². The Morgan fingerprint density at radius 1 is 1.29 bits per heavy atom. The van der Waals surface area contributed by atoms with Gasteiger partial charge in [-0.2, -0.15) is 0 Å². The number of carbonyl (C=O) groups excluding carboxylic acids is 1. The molecule has 1 aliphatic rings. The smallest absolute Gasteiger partial charge is 0.162 e. The van der Waals surface area contributed by atoms with E-state index in [4.69, 9.17) is 0 Å². The Morgan fingerprint density at radius 2 is 2.00 bits per heavy atom. The summed E-state index contributed by atoms with van der Waals surface area (Å²) in [5, 5.41) is 0. The first-order valence-corrected chi connectivity index (χ1v) is 8.60. The number of hydrogen-bond donors (Lipinski definition) is 0. The highest BCUT2D eigenvalue weighted by molar-refractivity contribution is 9.10. The predicted molar refractivity (Wildman–Crippen MR) is 90.9 cm³/mol. The van der Waals surface area contributed by atoms with Crippen LogP contribution in [-0.2, 0) is 0 Å². The maximum atomic E-state index is 12.1. The van der Waals surface area contributed by atoms with Crippen molar-refractivity contribution >= 4 is 21.7 Å². The molecule has 21 heavy (non-hydrogen) atoms. The maximum absolute atomic E-state index is 12.1. The molecule has 1 unspecified atom stereocenters. The van der Waals surface area contributed by atoms with Crippen LogP contribution in [0.1, 0.15) is 36.5 Å². The van der Waals surface area contributed by atoms with Crippen molar-refractivity contribution < 1.29 is 4.79 Å². The number of halogens is 1. The summed E-state index contributed by atoms with van der Waals surface area (Å²) in [7, 11) is 2.21. The molecule has 1 atom stereocenters. The molecule has 4 heteroatoms. The van der Waals surface area contributed by atoms with Crippen LogP contribution >= 0.6 is 15.9 Å². The monoisotopic (exact) mass is 352 g/mol. The SMILES string of the molecule is CCC1CN(CCCC(=O)c2ccc(Br)cc2)CCN1C. The van der Waals surface area contributed by atoms with Crippen LogP contribution in [0, 0.1) is 0 Å². The fourth-order valence-electron chi connectivity index (χ4n) is 2.90. The van der Waals surface area contributed by atoms with Crippen molar-refractivity contribution in [1.82, 2.24) is 9.80 Å². The van der Waals surface area contributed by atoms with Crippen LogP contribution in [0.15, 0.2) is 28.7 Å². The Morgan fingerprint density at radius 3 is 2.67 bits per heavy atom. The zero-order chi connectivity index (χ0) is 15.2. The van der Waals surface area contributed by atoms with Gasteiger partial charge in [0.15, 0.2) is 5.78 Å². The molecule has 1 aliphatic heterocycles. The minimum absolute atomic E-state index is 0.253. The first-order chi connectivity index (χ1) is 10.1. The van der Waals surface area contributed by atoms with Crippen LogP contribution in [0.25, 0.3) is 0 Å². The molecule has 2 rings (SSSR count). The average Bonchev–Trinajstić information content (AvgIpc) is 2.49. The van der Waals surface area contributed by atoms with Crippen LogP contribution in [-0.4, -0.2) is 54.9 Å². The van der Waals surface area contributed by atoms with Crippen molar-refractivity contribution in [2.75, 3.05) is 33.2 Å². The van der Waals surface area contributed by atoms with E-state index in [0.717, 1.165) is 42.6 Å². The molecule has 1 saturated heterocycles. The quantitative estimate of drug-likeness (QED) is 0.732. The molecule has 3 nitrogen and oxygen atoms in total. The molecule has 0 radical (unpaired) electrons. The molecular weight excluding hydrogens is 328 g/mol. The molecule has 0 aliphatic carbocycles. The van der Waals surface area contributed by atoms with Crippen LogP contribution < -0.4 is 0 Å². The molecule has 1 heterocycles. The second-order valence-electron chi connectivity index (χ2n) is 5.88. The molecule has 0 amide bonds. The standard InChI is InChI=1S/C17H25BrN2O/c1-3-16-13-20(12-11-19(16)2)10-4-5-17(21)14-6-8-15(18)9-7-14/h6-9,16H,3-5,10-13H2,1-2H3. The minimum Gasteiger partial charge on any atom is -0.301 e. The Labute approximate surface area is 136 Å². The summed E-state index contributed by atoms with van der Waals surface area (Å²) in [4.78, 5) is 17.1. The normalized spacial score (nSPS) is 20.6. The Kier molecular flexibility index (Phi) is 6.40. The van der Waals surface area contributed by atoms with E-state index in [0.29, 0.717) is 12.5 Å². The summed E-state index contributed by atoms with van der Waals surface area (Å²) in [6.07, 6.45) is 2.80. The average molecular weight is 353 g/mol. The van der Waals surface area contributed by atoms with Crippen molar-refractivity contribution in [3.8, 4) is 0 Å². The molecule has 0 bridgehead atoms. The summed E-state index contributed by atoms with van der Waals surface area (Å²) < 4.78 is 1.02. The van der Waals surface area contributed by atoms with E-state index in [9.17, 15) is 4.79 Å². The van der Waals surface area contributed by atoms with Gasteiger partial charge in [0.1, 0.15) is 0 Å². The van der Waals surface area contributed by atoms with Gasteiger partial charge in [0, 0.05) is 42.1 Å². The molecule has 0 N–H and O–H groups in total. The van der Waals surface area contributed by atoms with Gasteiger partial charge < -0.3 is 9.80 Å². The van der Waals surface area contributed by atoms with Crippen LogP contribution in [0.2, 0.25) is 0 Å². The summed E-state index contributed by atoms with van der Waals surface area (Å²) in [5.74, 6) is 0.253. The van der Waals surface area contributed by atoms with Crippen molar-refractivity contribution in [1.29, 1.82) is 0 Å². The Hall–Kier alpha value is -0.710. The van der Waals surface area contributed by atoms with Gasteiger partial charge in [0.2, 0.25) is 0 Å². The van der Waals surface area contributed by atoms with Gasteiger partial charge >= 0.3 is 0 Å². The molecule has 1 aromatic rings. The van der Waals surface area contributed by atoms with Gasteiger partial charge in [-0.3, -0.25) is 4.79 Å². The molecular formula is C17H25BrN2O. The number of ketones is 1. The summed E-state index contributed by atoms with van der Waals surface area (Å²) in [5.41, 5.74) is 0.822. The van der Waals surface area contributed by atoms with Crippen molar-refractivity contribution in [3.63, 3.8) is 0 Å². The molecule has 1 fully saturated rings. The zero-order valence-electron chi connectivity index (χ0n) is 13.0. The van der Waals surface area contributed by atoms with E-state index in [2.05, 4.69) is 39.7 Å². The number of carbonyl (C=O) groups is 1. The minimum atomic E-state index is 0.253. The lowest BCUT2D eigenvalue weighted by Crippen LogP contribution is -2.51. The maximum Gasteiger partial charge on any atom is 0.162 e. The van der Waals surface area contributed by atoms with E-state index in [1.165, 1.54) is 6.42 Å². The molecule has 0 aromatic heterocycles. The van der Waals surface area contributed by atoms with Gasteiger partial charge in [-0.05, 0) is 38.6 Å². The number of piperazine rings is 1. The van der Waals surface area contributed by atoms with E-state index < -0.39 is 0 Å². The Bertz CT molecular complexity index is 460. The van der Waals surface area contributed by atoms with Gasteiger partial charge in [-0.15, -0.1) is 0 Å². The summed E-state index contributed by atoms with van der Waals surface area (Å²) in [6, 6.07) is 8.32. The highest BCUT2D eigenvalue weighted by Crippen LogP contribution is 2.14. The summed E-state index contributed by atoms with van der Waals surface area (Å²) >= 11 is 3.39. The molecule has 116 valence electrons. The number of hydrogen-bond acceptors (Lipinski definition) is 3. The first-order valence-electron chi connectivity index (χ1n) is 7.81. The number of likely N-dealkylation sites (N-methyl/N-ethyl adjacent to an activating group) is 1. The third-order valence-corrected chi connectivity index (χ3v) is 4.91. The lowest BCUT2D eigenvalue weighted by atomic mass is 10.1. The van der Waals surface area contributed by atoms with Crippen molar-refractivity contribution in [2.45, 2.75) is 32.2 Å². The fourth-order valence-corrected chi connectivity index (χ4v) is 3.16. The number of nitrogens with zero attached hydrogens (tertiary/aromatic N) is 2. The zero-order valence-corrected chi connectivity index (χ0v) is 14.6.